The fraction of sp³-hybridized carbons (Fsp3) is 0.600. The minimum absolute atomic E-state index is 0.152. The number of benzene rings is 1. The quantitative estimate of drug-likeness (QED) is 0.902. The molecule has 0 saturated carbocycles. The van der Waals surface area contributed by atoms with E-state index in [-0.39, 0.29) is 18.7 Å². The molecule has 0 spiro atoms. The third kappa shape index (κ3) is 3.53. The minimum atomic E-state index is -0.830. The van der Waals surface area contributed by atoms with Crippen LogP contribution in [0.15, 0.2) is 18.2 Å². The van der Waals surface area contributed by atoms with Gasteiger partial charge in [-0.05, 0) is 32.4 Å². The van der Waals surface area contributed by atoms with Crippen LogP contribution < -0.4 is 5.73 Å². The average Bonchev–Trinajstić information content (AvgIpc) is 2.45. The Morgan fingerprint density at radius 2 is 2.20 bits per heavy atom. The molecule has 5 heteroatoms. The largest absolute Gasteiger partial charge is 0.377 e. The summed E-state index contributed by atoms with van der Waals surface area (Å²) in [5.41, 5.74) is 6.07. The molecule has 2 rings (SSSR count). The smallest absolute Gasteiger partial charge is 0.163 e. The topological polar surface area (TPSA) is 38.5 Å². The van der Waals surface area contributed by atoms with Crippen LogP contribution >= 0.6 is 0 Å². The monoisotopic (exact) mass is 284 g/mol. The average molecular weight is 284 g/mol. The van der Waals surface area contributed by atoms with Crippen molar-refractivity contribution < 1.29 is 13.5 Å². The summed E-state index contributed by atoms with van der Waals surface area (Å²) in [6, 6.07) is 3.89. The number of likely N-dealkylation sites (N-methyl/N-ethyl adjacent to an activating group) is 1. The van der Waals surface area contributed by atoms with Gasteiger partial charge in [0.05, 0.1) is 6.10 Å². The molecule has 1 aliphatic heterocycles. The van der Waals surface area contributed by atoms with Gasteiger partial charge in [-0.2, -0.15) is 0 Å². The third-order valence-electron chi connectivity index (χ3n) is 3.86. The summed E-state index contributed by atoms with van der Waals surface area (Å²) in [5, 5.41) is 0. The maximum atomic E-state index is 13.9. The van der Waals surface area contributed by atoms with E-state index in [2.05, 4.69) is 0 Å². The van der Waals surface area contributed by atoms with Gasteiger partial charge in [-0.25, -0.2) is 8.78 Å². The second kappa shape index (κ2) is 7.11. The number of hydrogen-bond acceptors (Lipinski definition) is 3. The van der Waals surface area contributed by atoms with Crippen molar-refractivity contribution in [2.75, 3.05) is 26.7 Å². The molecule has 2 N–H and O–H groups in total. The van der Waals surface area contributed by atoms with Crippen LogP contribution in [0, 0.1) is 11.6 Å². The highest BCUT2D eigenvalue weighted by Gasteiger charge is 2.24. The highest BCUT2D eigenvalue weighted by molar-refractivity contribution is 5.23. The van der Waals surface area contributed by atoms with E-state index in [1.165, 1.54) is 6.07 Å². The van der Waals surface area contributed by atoms with Gasteiger partial charge >= 0.3 is 0 Å². The first kappa shape index (κ1) is 15.4. The molecule has 3 nitrogen and oxygen atoms in total. The maximum absolute atomic E-state index is 13.9. The number of rotatable bonds is 5. The Morgan fingerprint density at radius 3 is 2.85 bits per heavy atom. The predicted octanol–water partition coefficient (Wildman–Crippen LogP) is 2.47. The molecule has 1 aromatic carbocycles. The van der Waals surface area contributed by atoms with Gasteiger partial charge in [0.15, 0.2) is 11.6 Å². The number of hydrogen-bond donors (Lipinski definition) is 1. The van der Waals surface area contributed by atoms with E-state index < -0.39 is 11.6 Å². The van der Waals surface area contributed by atoms with Crippen molar-refractivity contribution in [3.05, 3.63) is 35.4 Å². The molecule has 20 heavy (non-hydrogen) atoms. The lowest BCUT2D eigenvalue weighted by Gasteiger charge is -2.32. The van der Waals surface area contributed by atoms with Crippen LogP contribution in [0.4, 0.5) is 8.78 Å². The van der Waals surface area contributed by atoms with Crippen LogP contribution in [0.1, 0.15) is 30.9 Å². The van der Waals surface area contributed by atoms with Gasteiger partial charge in [0.25, 0.3) is 0 Å². The van der Waals surface area contributed by atoms with Crippen molar-refractivity contribution >= 4 is 0 Å². The summed E-state index contributed by atoms with van der Waals surface area (Å²) in [6.07, 6.45) is 3.41. The Bertz CT molecular complexity index is 436. The van der Waals surface area contributed by atoms with Gasteiger partial charge in [-0.3, -0.25) is 4.90 Å². The van der Waals surface area contributed by atoms with E-state index in [0.29, 0.717) is 12.1 Å². The van der Waals surface area contributed by atoms with Crippen molar-refractivity contribution in [3.8, 4) is 0 Å². The van der Waals surface area contributed by atoms with Crippen LogP contribution in [-0.4, -0.2) is 37.7 Å². The maximum Gasteiger partial charge on any atom is 0.163 e. The van der Waals surface area contributed by atoms with E-state index in [0.717, 1.165) is 31.9 Å². The van der Waals surface area contributed by atoms with Gasteiger partial charge in [0.2, 0.25) is 0 Å². The van der Waals surface area contributed by atoms with Gasteiger partial charge in [-0.15, -0.1) is 0 Å². The second-order valence-electron chi connectivity index (χ2n) is 5.32. The molecule has 0 bridgehead atoms. The summed E-state index contributed by atoms with van der Waals surface area (Å²) in [4.78, 5) is 1.95. The minimum Gasteiger partial charge on any atom is -0.377 e. The standard InChI is InChI=1S/C15H22F2N2O/c1-19(10-11-5-2-3-8-20-11)14(9-18)12-6-4-7-13(16)15(12)17/h4,6-7,11,14H,2-3,5,8-10,18H2,1H3. The predicted molar refractivity (Wildman–Crippen MR) is 74.4 cm³/mol. The SMILES string of the molecule is CN(CC1CCCCO1)C(CN)c1cccc(F)c1F. The lowest BCUT2D eigenvalue weighted by atomic mass is 10.0. The molecule has 1 saturated heterocycles. The zero-order valence-corrected chi connectivity index (χ0v) is 11.8. The summed E-state index contributed by atoms with van der Waals surface area (Å²) in [5.74, 6) is -1.64. The molecule has 0 amide bonds. The molecule has 0 aromatic heterocycles. The zero-order chi connectivity index (χ0) is 14.5. The molecule has 0 radical (unpaired) electrons. The summed E-state index contributed by atoms with van der Waals surface area (Å²) in [6.45, 7) is 1.70. The van der Waals surface area contributed by atoms with Crippen molar-refractivity contribution in [1.29, 1.82) is 0 Å². The number of nitrogens with two attached hydrogens (primary N) is 1. The normalized spacial score (nSPS) is 21.1. The number of halogens is 2. The summed E-state index contributed by atoms with van der Waals surface area (Å²) >= 11 is 0. The van der Waals surface area contributed by atoms with E-state index in [9.17, 15) is 8.78 Å². The molecular weight excluding hydrogens is 262 g/mol. The molecule has 1 aromatic rings. The van der Waals surface area contributed by atoms with Gasteiger partial charge in [0, 0.05) is 31.3 Å². The lowest BCUT2D eigenvalue weighted by molar-refractivity contribution is -0.00803. The number of ether oxygens (including phenoxy) is 1. The number of nitrogens with zero attached hydrogens (tertiary/aromatic N) is 1. The first-order valence-electron chi connectivity index (χ1n) is 7.09. The lowest BCUT2D eigenvalue weighted by Crippen LogP contribution is -2.38. The van der Waals surface area contributed by atoms with Crippen LogP contribution in [0.25, 0.3) is 0 Å². The molecule has 2 atom stereocenters. The Balaban J connectivity index is 2.08. The van der Waals surface area contributed by atoms with E-state index >= 15 is 0 Å². The Kier molecular flexibility index (Phi) is 5.46. The van der Waals surface area contributed by atoms with Gasteiger partial charge in [0.1, 0.15) is 0 Å². The van der Waals surface area contributed by atoms with E-state index in [4.69, 9.17) is 10.5 Å². The summed E-state index contributed by atoms with van der Waals surface area (Å²) in [7, 11) is 1.87. The van der Waals surface area contributed by atoms with Crippen LogP contribution in [0.2, 0.25) is 0 Å². The van der Waals surface area contributed by atoms with Crippen LogP contribution in [-0.2, 0) is 4.74 Å². The summed E-state index contributed by atoms with van der Waals surface area (Å²) < 4.78 is 32.9. The fourth-order valence-corrected chi connectivity index (χ4v) is 2.72. The molecule has 1 fully saturated rings. The van der Waals surface area contributed by atoms with Gasteiger partial charge in [-0.1, -0.05) is 12.1 Å². The first-order chi connectivity index (χ1) is 9.63. The van der Waals surface area contributed by atoms with E-state index in [1.54, 1.807) is 6.07 Å². The second-order valence-corrected chi connectivity index (χ2v) is 5.32. The highest BCUT2D eigenvalue weighted by Crippen LogP contribution is 2.24. The van der Waals surface area contributed by atoms with Crippen LogP contribution in [0.3, 0.4) is 0 Å². The zero-order valence-electron chi connectivity index (χ0n) is 11.8. The van der Waals surface area contributed by atoms with Crippen molar-refractivity contribution in [3.63, 3.8) is 0 Å². The van der Waals surface area contributed by atoms with Gasteiger partial charge < -0.3 is 10.5 Å². The highest BCUT2D eigenvalue weighted by atomic mass is 19.2. The molecule has 0 aliphatic carbocycles. The van der Waals surface area contributed by atoms with Crippen molar-refractivity contribution in [1.82, 2.24) is 4.90 Å². The van der Waals surface area contributed by atoms with Crippen LogP contribution in [0.5, 0.6) is 0 Å². The molecular formula is C15H22F2N2O. The third-order valence-corrected chi connectivity index (χ3v) is 3.86. The first-order valence-corrected chi connectivity index (χ1v) is 7.09. The molecule has 1 aliphatic rings. The van der Waals surface area contributed by atoms with E-state index in [1.807, 2.05) is 11.9 Å². The Morgan fingerprint density at radius 1 is 1.40 bits per heavy atom. The molecule has 2 unspecified atom stereocenters. The molecule has 112 valence electrons. The Hall–Kier alpha value is -1.04. The van der Waals surface area contributed by atoms with Crippen molar-refractivity contribution in [2.24, 2.45) is 5.73 Å². The fourth-order valence-electron chi connectivity index (χ4n) is 2.72. The Labute approximate surface area is 118 Å². The molecule has 1 heterocycles. The van der Waals surface area contributed by atoms with Crippen molar-refractivity contribution in [2.45, 2.75) is 31.4 Å².